The van der Waals surface area contributed by atoms with Crippen LogP contribution >= 0.6 is 0 Å². The Kier molecular flexibility index (Phi) is 8.80. The Balaban J connectivity index is 1.58. The molecule has 3 unspecified atom stereocenters. The van der Waals surface area contributed by atoms with E-state index in [1.807, 2.05) is 12.1 Å². The van der Waals surface area contributed by atoms with Crippen LogP contribution in [0.5, 0.6) is 0 Å². The lowest BCUT2D eigenvalue weighted by Crippen LogP contribution is -2.47. The second-order valence-corrected chi connectivity index (χ2v) is 11.3. The predicted octanol–water partition coefficient (Wildman–Crippen LogP) is 3.88. The Morgan fingerprint density at radius 3 is 2.45 bits per heavy atom. The SMILES string of the molecule is CC(C)(O)c1cccc(CC(NC(=O)c2cnc3ccccc3n2)C(O)CC(C(N)=O)C2CCC(F)(F)CC2)c1. The fraction of sp³-hybridized carbons (Fsp3) is 0.467. The molecule has 1 fully saturated rings. The summed E-state index contributed by atoms with van der Waals surface area (Å²) >= 11 is 0. The zero-order valence-electron chi connectivity index (χ0n) is 22.7. The number of aliphatic hydroxyl groups excluding tert-OH is 1. The van der Waals surface area contributed by atoms with E-state index in [4.69, 9.17) is 5.73 Å². The second kappa shape index (κ2) is 11.9. The fourth-order valence-corrected chi connectivity index (χ4v) is 5.36. The van der Waals surface area contributed by atoms with E-state index in [1.165, 1.54) is 6.20 Å². The highest BCUT2D eigenvalue weighted by atomic mass is 19.3. The minimum Gasteiger partial charge on any atom is -0.391 e. The van der Waals surface area contributed by atoms with Gasteiger partial charge in [-0.1, -0.05) is 36.4 Å². The van der Waals surface area contributed by atoms with Crippen molar-refractivity contribution in [2.45, 2.75) is 76.0 Å². The number of carbonyl (C=O) groups is 2. The molecule has 0 spiro atoms. The van der Waals surface area contributed by atoms with Crippen LogP contribution in [0.15, 0.2) is 54.7 Å². The zero-order valence-corrected chi connectivity index (χ0v) is 22.7. The van der Waals surface area contributed by atoms with E-state index in [2.05, 4.69) is 15.3 Å². The Morgan fingerprint density at radius 1 is 1.12 bits per heavy atom. The summed E-state index contributed by atoms with van der Waals surface area (Å²) in [5.74, 6) is -5.19. The zero-order chi connectivity index (χ0) is 29.1. The smallest absolute Gasteiger partial charge is 0.271 e. The average molecular weight is 555 g/mol. The van der Waals surface area contributed by atoms with Crippen LogP contribution in [0.4, 0.5) is 8.78 Å². The van der Waals surface area contributed by atoms with Gasteiger partial charge in [-0.25, -0.2) is 13.8 Å². The van der Waals surface area contributed by atoms with Gasteiger partial charge in [-0.3, -0.25) is 14.6 Å². The highest BCUT2D eigenvalue weighted by Crippen LogP contribution is 2.40. The van der Waals surface area contributed by atoms with Crippen LogP contribution in [-0.2, 0) is 16.8 Å². The van der Waals surface area contributed by atoms with E-state index >= 15 is 0 Å². The number of nitrogens with zero attached hydrogens (tertiary/aromatic N) is 2. The lowest BCUT2D eigenvalue weighted by molar-refractivity contribution is -0.127. The molecule has 40 heavy (non-hydrogen) atoms. The number of fused-ring (bicyclic) bond motifs is 1. The molecule has 1 aromatic heterocycles. The lowest BCUT2D eigenvalue weighted by atomic mass is 9.75. The summed E-state index contributed by atoms with van der Waals surface area (Å²) in [7, 11) is 0. The van der Waals surface area contributed by atoms with Crippen molar-refractivity contribution in [1.29, 1.82) is 0 Å². The predicted molar refractivity (Wildman–Crippen MR) is 146 cm³/mol. The van der Waals surface area contributed by atoms with Crippen molar-refractivity contribution < 1.29 is 28.6 Å². The number of hydrogen-bond acceptors (Lipinski definition) is 6. The van der Waals surface area contributed by atoms with Crippen LogP contribution in [0.25, 0.3) is 11.0 Å². The van der Waals surface area contributed by atoms with Gasteiger partial charge in [0.15, 0.2) is 0 Å². The molecular weight excluding hydrogens is 518 g/mol. The molecule has 214 valence electrons. The number of nitrogens with two attached hydrogens (primary N) is 1. The molecule has 0 saturated heterocycles. The monoisotopic (exact) mass is 554 g/mol. The Bertz CT molecular complexity index is 1350. The molecule has 1 aliphatic carbocycles. The molecule has 0 radical (unpaired) electrons. The number of halogens is 2. The van der Waals surface area contributed by atoms with Gasteiger partial charge in [-0.15, -0.1) is 0 Å². The van der Waals surface area contributed by atoms with Gasteiger partial charge in [0.1, 0.15) is 5.69 Å². The molecule has 4 rings (SSSR count). The van der Waals surface area contributed by atoms with Crippen LogP contribution in [0.3, 0.4) is 0 Å². The standard InChI is InChI=1S/C30H36F2N4O4/c1-29(2,40)20-7-5-6-18(14-20)15-24(36-28(39)25-17-34-22-8-3-4-9-23(22)35-25)26(37)16-21(27(33)38)19-10-12-30(31,32)13-11-19/h3-9,14,17,19,21,24,26,37,40H,10-13,15-16H2,1-2H3,(H2,33,38)(H,36,39). The number of amides is 2. The molecule has 1 saturated carbocycles. The topological polar surface area (TPSA) is 138 Å². The Morgan fingerprint density at radius 2 is 1.80 bits per heavy atom. The number of aliphatic hydroxyl groups is 2. The van der Waals surface area contributed by atoms with E-state index in [-0.39, 0.29) is 50.1 Å². The average Bonchev–Trinajstić information content (AvgIpc) is 2.90. The molecule has 3 aromatic rings. The fourth-order valence-electron chi connectivity index (χ4n) is 5.36. The van der Waals surface area contributed by atoms with Crippen molar-refractivity contribution in [3.8, 4) is 0 Å². The molecule has 3 atom stereocenters. The van der Waals surface area contributed by atoms with Crippen LogP contribution in [0, 0.1) is 11.8 Å². The van der Waals surface area contributed by atoms with Gasteiger partial charge >= 0.3 is 0 Å². The van der Waals surface area contributed by atoms with Crippen molar-refractivity contribution in [3.05, 3.63) is 71.5 Å². The number of aromatic nitrogens is 2. The number of rotatable bonds is 10. The van der Waals surface area contributed by atoms with Gasteiger partial charge in [0.2, 0.25) is 11.8 Å². The molecule has 5 N–H and O–H groups in total. The van der Waals surface area contributed by atoms with Gasteiger partial charge in [-0.2, -0.15) is 0 Å². The molecular formula is C30H36F2N4O4. The van der Waals surface area contributed by atoms with E-state index in [0.29, 0.717) is 16.6 Å². The number of nitrogens with one attached hydrogen (secondary N) is 1. The van der Waals surface area contributed by atoms with Crippen LogP contribution in [0.2, 0.25) is 0 Å². The molecule has 0 aliphatic heterocycles. The molecule has 1 heterocycles. The first-order valence-corrected chi connectivity index (χ1v) is 13.5. The molecule has 2 amide bonds. The Labute approximate surface area is 232 Å². The van der Waals surface area contributed by atoms with Gasteiger partial charge in [0.25, 0.3) is 5.91 Å². The maximum Gasteiger partial charge on any atom is 0.271 e. The number of benzene rings is 2. The quantitative estimate of drug-likeness (QED) is 0.300. The van der Waals surface area contributed by atoms with E-state index in [9.17, 15) is 28.6 Å². The summed E-state index contributed by atoms with van der Waals surface area (Å²) in [6, 6.07) is 13.4. The maximum atomic E-state index is 13.8. The van der Waals surface area contributed by atoms with E-state index in [0.717, 1.165) is 5.56 Å². The third-order valence-electron chi connectivity index (χ3n) is 7.74. The summed E-state index contributed by atoms with van der Waals surface area (Å²) in [6.07, 6.45) is -0.191. The summed E-state index contributed by atoms with van der Waals surface area (Å²) < 4.78 is 27.5. The lowest BCUT2D eigenvalue weighted by Gasteiger charge is -2.34. The van der Waals surface area contributed by atoms with Crippen molar-refractivity contribution in [2.24, 2.45) is 17.6 Å². The minimum absolute atomic E-state index is 0.0575. The Hall–Kier alpha value is -3.50. The van der Waals surface area contributed by atoms with Crippen LogP contribution in [0.1, 0.15) is 67.6 Å². The minimum atomic E-state index is -2.76. The van der Waals surface area contributed by atoms with Crippen molar-refractivity contribution in [1.82, 2.24) is 15.3 Å². The second-order valence-electron chi connectivity index (χ2n) is 11.3. The van der Waals surface area contributed by atoms with Crippen LogP contribution in [-0.4, -0.2) is 50.1 Å². The van der Waals surface area contributed by atoms with Crippen molar-refractivity contribution in [3.63, 3.8) is 0 Å². The number of primary amides is 1. The van der Waals surface area contributed by atoms with E-state index < -0.39 is 41.4 Å². The van der Waals surface area contributed by atoms with E-state index in [1.54, 1.807) is 50.2 Å². The summed E-state index contributed by atoms with van der Waals surface area (Å²) in [5, 5.41) is 24.7. The molecule has 2 aromatic carbocycles. The van der Waals surface area contributed by atoms with Gasteiger partial charge in [0, 0.05) is 18.8 Å². The normalized spacial score (nSPS) is 18.1. The summed E-state index contributed by atoms with van der Waals surface area (Å²) in [6.45, 7) is 3.31. The molecule has 10 heteroatoms. The number of para-hydroxylation sites is 2. The first kappa shape index (κ1) is 29.5. The third-order valence-corrected chi connectivity index (χ3v) is 7.74. The number of alkyl halides is 2. The highest BCUT2D eigenvalue weighted by molar-refractivity contribution is 5.94. The van der Waals surface area contributed by atoms with Gasteiger partial charge < -0.3 is 21.3 Å². The highest BCUT2D eigenvalue weighted by Gasteiger charge is 2.40. The summed E-state index contributed by atoms with van der Waals surface area (Å²) in [4.78, 5) is 34.3. The molecule has 8 nitrogen and oxygen atoms in total. The molecule has 0 bridgehead atoms. The van der Waals surface area contributed by atoms with Gasteiger partial charge in [0.05, 0.1) is 35.0 Å². The summed E-state index contributed by atoms with van der Waals surface area (Å²) in [5.41, 5.74) is 7.19. The van der Waals surface area contributed by atoms with Crippen molar-refractivity contribution >= 4 is 22.8 Å². The first-order valence-electron chi connectivity index (χ1n) is 13.5. The largest absolute Gasteiger partial charge is 0.391 e. The number of carbonyl (C=O) groups excluding carboxylic acids is 2. The van der Waals surface area contributed by atoms with Crippen LogP contribution < -0.4 is 11.1 Å². The van der Waals surface area contributed by atoms with Crippen molar-refractivity contribution in [2.75, 3.05) is 0 Å². The van der Waals surface area contributed by atoms with Gasteiger partial charge in [-0.05, 0) is 68.7 Å². The third kappa shape index (κ3) is 7.37. The first-order chi connectivity index (χ1) is 18.8. The maximum absolute atomic E-state index is 13.8. The number of hydrogen-bond donors (Lipinski definition) is 4. The molecule has 1 aliphatic rings.